The number of carbonyl (C=O) groups excluding carboxylic acids is 1. The highest BCUT2D eigenvalue weighted by molar-refractivity contribution is 5.85. The molecule has 0 bridgehead atoms. The average Bonchev–Trinajstić information content (AvgIpc) is 3.18. The summed E-state index contributed by atoms with van der Waals surface area (Å²) in [5.41, 5.74) is 12.7. The number of amides is 1. The van der Waals surface area contributed by atoms with Crippen LogP contribution in [0.1, 0.15) is 25.8 Å². The van der Waals surface area contributed by atoms with E-state index in [0.717, 1.165) is 31.7 Å². The maximum absolute atomic E-state index is 12.7. The highest BCUT2D eigenvalue weighted by atomic mass is 16.2. The molecule has 1 amide bonds. The maximum atomic E-state index is 12.7. The van der Waals surface area contributed by atoms with Crippen molar-refractivity contribution >= 4 is 11.7 Å². The Morgan fingerprint density at radius 2 is 1.78 bits per heavy atom. The first-order chi connectivity index (χ1) is 15.2. The van der Waals surface area contributed by atoms with Crippen LogP contribution in [0.5, 0.6) is 0 Å². The van der Waals surface area contributed by atoms with E-state index in [1.807, 2.05) is 23.1 Å². The molecule has 0 saturated carbocycles. The van der Waals surface area contributed by atoms with Gasteiger partial charge in [0.2, 0.25) is 5.91 Å². The van der Waals surface area contributed by atoms with Crippen molar-refractivity contribution in [3.05, 3.63) is 52.6 Å². The van der Waals surface area contributed by atoms with Crippen LogP contribution in [-0.2, 0) is 11.3 Å². The molecule has 9 nitrogen and oxygen atoms in total. The lowest BCUT2D eigenvalue weighted by molar-refractivity contribution is -0.136. The summed E-state index contributed by atoms with van der Waals surface area (Å²) in [4.78, 5) is 35.5. The molecule has 2 fully saturated rings. The second-order valence-corrected chi connectivity index (χ2v) is 9.39. The van der Waals surface area contributed by atoms with E-state index in [0.29, 0.717) is 32.0 Å². The van der Waals surface area contributed by atoms with Crippen LogP contribution in [0.2, 0.25) is 0 Å². The minimum Gasteiger partial charge on any atom is -0.353 e. The second kappa shape index (κ2) is 9.01. The highest BCUT2D eigenvalue weighted by Crippen LogP contribution is 2.17. The van der Waals surface area contributed by atoms with Crippen molar-refractivity contribution in [2.45, 2.75) is 38.4 Å². The lowest BCUT2D eigenvalue weighted by Crippen LogP contribution is -2.57. The van der Waals surface area contributed by atoms with Gasteiger partial charge in [-0.1, -0.05) is 12.1 Å². The van der Waals surface area contributed by atoms with Gasteiger partial charge in [-0.25, -0.2) is 4.79 Å². The SMILES string of the molecule is CC(C)(N)C(=O)N1CCN(c2ccn(-c3ccc(CN4CCC(N)C4)cc3)c(=O)n2)CC1. The minimum absolute atomic E-state index is 0.0588. The zero-order chi connectivity index (χ0) is 22.9. The fraction of sp³-hybridized carbons (Fsp3) is 0.522. The summed E-state index contributed by atoms with van der Waals surface area (Å²) < 4.78 is 1.55. The number of piperazine rings is 1. The molecule has 1 aromatic carbocycles. The van der Waals surface area contributed by atoms with E-state index >= 15 is 0 Å². The highest BCUT2D eigenvalue weighted by Gasteiger charge is 2.30. The molecule has 2 saturated heterocycles. The molecule has 9 heteroatoms. The van der Waals surface area contributed by atoms with Crippen LogP contribution in [0.3, 0.4) is 0 Å². The largest absolute Gasteiger partial charge is 0.354 e. The summed E-state index contributed by atoms with van der Waals surface area (Å²) in [6.45, 7) is 8.63. The van der Waals surface area contributed by atoms with Gasteiger partial charge in [0.05, 0.1) is 11.2 Å². The van der Waals surface area contributed by atoms with Crippen LogP contribution < -0.4 is 22.1 Å². The van der Waals surface area contributed by atoms with Crippen molar-refractivity contribution in [3.8, 4) is 5.69 Å². The van der Waals surface area contributed by atoms with Gasteiger partial charge in [0.1, 0.15) is 5.82 Å². The van der Waals surface area contributed by atoms with E-state index in [-0.39, 0.29) is 17.6 Å². The summed E-state index contributed by atoms with van der Waals surface area (Å²) >= 11 is 0. The summed E-state index contributed by atoms with van der Waals surface area (Å²) in [5, 5.41) is 0. The van der Waals surface area contributed by atoms with Crippen LogP contribution in [0.4, 0.5) is 5.82 Å². The molecule has 2 aliphatic heterocycles. The third-order valence-electron chi connectivity index (χ3n) is 6.16. The van der Waals surface area contributed by atoms with Crippen LogP contribution >= 0.6 is 0 Å². The molecular formula is C23H33N7O2. The van der Waals surface area contributed by atoms with E-state index in [1.165, 1.54) is 5.56 Å². The summed E-state index contributed by atoms with van der Waals surface area (Å²) in [6, 6.07) is 10.1. The first-order valence-corrected chi connectivity index (χ1v) is 11.2. The normalized spacial score (nSPS) is 20.1. The standard InChI is InChI=1S/C23H33N7O2/c1-23(2,25)21(31)29-13-11-28(12-14-29)20-8-10-30(22(32)26-20)19-5-3-17(4-6-19)15-27-9-7-18(24)16-27/h3-6,8,10,18H,7,9,11-16,24-25H2,1-2H3. The lowest BCUT2D eigenvalue weighted by atomic mass is 10.0. The van der Waals surface area contributed by atoms with Crippen LogP contribution in [0.15, 0.2) is 41.3 Å². The van der Waals surface area contributed by atoms with Crippen molar-refractivity contribution in [3.63, 3.8) is 0 Å². The number of aromatic nitrogens is 2. The van der Waals surface area contributed by atoms with Gasteiger partial charge >= 0.3 is 5.69 Å². The number of hydrogen-bond donors (Lipinski definition) is 2. The van der Waals surface area contributed by atoms with E-state index in [1.54, 1.807) is 29.5 Å². The van der Waals surface area contributed by atoms with Crippen molar-refractivity contribution in [1.29, 1.82) is 0 Å². The van der Waals surface area contributed by atoms with E-state index in [9.17, 15) is 9.59 Å². The number of nitrogens with two attached hydrogens (primary N) is 2. The topological polar surface area (TPSA) is 114 Å². The Bertz CT molecular complexity index is 1000. The van der Waals surface area contributed by atoms with Crippen molar-refractivity contribution in [1.82, 2.24) is 19.4 Å². The number of hydrogen-bond acceptors (Lipinski definition) is 7. The Balaban J connectivity index is 1.39. The van der Waals surface area contributed by atoms with Gasteiger partial charge < -0.3 is 21.3 Å². The summed E-state index contributed by atoms with van der Waals surface area (Å²) in [5.74, 6) is 0.573. The minimum atomic E-state index is -0.877. The Kier molecular flexibility index (Phi) is 6.32. The van der Waals surface area contributed by atoms with Gasteiger partial charge in [0.15, 0.2) is 0 Å². The molecule has 0 radical (unpaired) electrons. The van der Waals surface area contributed by atoms with Crippen molar-refractivity contribution in [2.75, 3.05) is 44.2 Å². The van der Waals surface area contributed by atoms with Gasteiger partial charge in [-0.15, -0.1) is 0 Å². The van der Waals surface area contributed by atoms with E-state index in [4.69, 9.17) is 11.5 Å². The number of carbonyl (C=O) groups is 1. The van der Waals surface area contributed by atoms with Gasteiger partial charge in [-0.05, 0) is 44.0 Å². The Labute approximate surface area is 188 Å². The summed E-state index contributed by atoms with van der Waals surface area (Å²) in [7, 11) is 0. The first-order valence-electron chi connectivity index (χ1n) is 11.2. The number of likely N-dealkylation sites (tertiary alicyclic amines) is 1. The molecule has 172 valence electrons. The van der Waals surface area contributed by atoms with Crippen LogP contribution in [-0.4, -0.2) is 76.1 Å². The van der Waals surface area contributed by atoms with Crippen molar-refractivity contribution in [2.24, 2.45) is 11.5 Å². The molecule has 2 aromatic rings. The monoisotopic (exact) mass is 439 g/mol. The fourth-order valence-electron chi connectivity index (χ4n) is 4.34. The van der Waals surface area contributed by atoms with Crippen LogP contribution in [0, 0.1) is 0 Å². The molecule has 4 rings (SSSR count). The zero-order valence-corrected chi connectivity index (χ0v) is 18.9. The molecule has 0 spiro atoms. The molecule has 32 heavy (non-hydrogen) atoms. The Hall–Kier alpha value is -2.75. The van der Waals surface area contributed by atoms with E-state index in [2.05, 4.69) is 22.0 Å². The maximum Gasteiger partial charge on any atom is 0.354 e. The number of nitrogens with zero attached hydrogens (tertiary/aromatic N) is 5. The summed E-state index contributed by atoms with van der Waals surface area (Å²) in [6.07, 6.45) is 2.81. The molecule has 0 aliphatic carbocycles. The Morgan fingerprint density at radius 1 is 1.09 bits per heavy atom. The first kappa shape index (κ1) is 22.4. The van der Waals surface area contributed by atoms with Gasteiger partial charge in [-0.2, -0.15) is 4.98 Å². The molecular weight excluding hydrogens is 406 g/mol. The van der Waals surface area contributed by atoms with E-state index < -0.39 is 5.54 Å². The van der Waals surface area contributed by atoms with Gasteiger partial charge in [0, 0.05) is 58.1 Å². The van der Waals surface area contributed by atoms with Gasteiger partial charge in [0.25, 0.3) is 0 Å². The third kappa shape index (κ3) is 5.01. The lowest BCUT2D eigenvalue weighted by Gasteiger charge is -2.37. The quantitative estimate of drug-likeness (QED) is 0.682. The van der Waals surface area contributed by atoms with Crippen molar-refractivity contribution < 1.29 is 4.79 Å². The smallest absolute Gasteiger partial charge is 0.353 e. The molecule has 4 N–H and O–H groups in total. The Morgan fingerprint density at radius 3 is 2.34 bits per heavy atom. The zero-order valence-electron chi connectivity index (χ0n) is 18.9. The second-order valence-electron chi connectivity index (χ2n) is 9.39. The fourth-order valence-corrected chi connectivity index (χ4v) is 4.34. The molecule has 1 aromatic heterocycles. The molecule has 3 heterocycles. The number of anilines is 1. The molecule has 1 unspecified atom stereocenters. The number of benzene rings is 1. The van der Waals surface area contributed by atoms with Gasteiger partial charge in [-0.3, -0.25) is 14.3 Å². The third-order valence-corrected chi connectivity index (χ3v) is 6.16. The predicted molar refractivity (Wildman–Crippen MR) is 125 cm³/mol. The predicted octanol–water partition coefficient (Wildman–Crippen LogP) is 0.151. The molecule has 2 aliphatic rings. The van der Waals surface area contributed by atoms with Crippen LogP contribution in [0.25, 0.3) is 5.69 Å². The average molecular weight is 440 g/mol. The number of rotatable bonds is 5. The molecule has 1 atom stereocenters.